The maximum absolute atomic E-state index is 11.5. The molecule has 0 saturated carbocycles. The molecule has 0 aromatic carbocycles. The number of rotatable bonds is 2. The fourth-order valence-corrected chi connectivity index (χ4v) is 1.42. The van der Waals surface area contributed by atoms with Gasteiger partial charge in [0.05, 0.1) is 19.8 Å². The maximum atomic E-state index is 11.5. The van der Waals surface area contributed by atoms with Crippen LogP contribution in [0.25, 0.3) is 0 Å². The minimum atomic E-state index is -0.875. The molecular weight excluding hydrogens is 176 g/mol. The molecule has 2 rings (SSSR count). The van der Waals surface area contributed by atoms with Crippen LogP contribution in [0.2, 0.25) is 0 Å². The Hall–Kier alpha value is -1.43. The molecule has 0 aliphatic carbocycles. The van der Waals surface area contributed by atoms with Gasteiger partial charge in [-0.05, 0) is 0 Å². The standard InChI is InChI=1S/C7H8N2O4/c10-2-1-9-5(11)7(3-13-4-7)8-6(9)12/h2H,1,3-4H2,(H,8,12). The first-order valence-corrected chi connectivity index (χ1v) is 3.85. The Morgan fingerprint density at radius 1 is 1.54 bits per heavy atom. The van der Waals surface area contributed by atoms with Gasteiger partial charge in [-0.25, -0.2) is 4.79 Å². The van der Waals surface area contributed by atoms with E-state index in [1.165, 1.54) is 0 Å². The van der Waals surface area contributed by atoms with Crippen molar-refractivity contribution in [3.8, 4) is 0 Å². The van der Waals surface area contributed by atoms with Crippen molar-refractivity contribution in [3.05, 3.63) is 0 Å². The Morgan fingerprint density at radius 2 is 2.23 bits per heavy atom. The van der Waals surface area contributed by atoms with Crippen molar-refractivity contribution in [1.82, 2.24) is 10.2 Å². The molecule has 2 heterocycles. The number of amides is 3. The third-order valence-electron chi connectivity index (χ3n) is 2.20. The molecule has 13 heavy (non-hydrogen) atoms. The molecule has 0 aromatic rings. The fourth-order valence-electron chi connectivity index (χ4n) is 1.42. The topological polar surface area (TPSA) is 75.7 Å². The normalized spacial score (nSPS) is 24.5. The average Bonchev–Trinajstić information content (AvgIpc) is 2.28. The molecule has 2 aliphatic heterocycles. The van der Waals surface area contributed by atoms with Gasteiger partial charge in [-0.1, -0.05) is 0 Å². The van der Waals surface area contributed by atoms with Crippen LogP contribution in [0.1, 0.15) is 0 Å². The highest BCUT2D eigenvalue weighted by Crippen LogP contribution is 2.25. The fraction of sp³-hybridized carbons (Fsp3) is 0.571. The van der Waals surface area contributed by atoms with E-state index in [0.717, 1.165) is 4.90 Å². The monoisotopic (exact) mass is 184 g/mol. The second kappa shape index (κ2) is 2.53. The third kappa shape index (κ3) is 0.951. The lowest BCUT2D eigenvalue weighted by Gasteiger charge is -2.34. The summed E-state index contributed by atoms with van der Waals surface area (Å²) in [5, 5.41) is 2.50. The number of aldehydes is 1. The Labute approximate surface area is 73.8 Å². The van der Waals surface area contributed by atoms with Crippen molar-refractivity contribution in [3.63, 3.8) is 0 Å². The molecule has 6 nitrogen and oxygen atoms in total. The van der Waals surface area contributed by atoms with E-state index in [-0.39, 0.29) is 25.7 Å². The predicted octanol–water partition coefficient (Wildman–Crippen LogP) is -1.49. The lowest BCUT2D eigenvalue weighted by atomic mass is 9.98. The van der Waals surface area contributed by atoms with Crippen LogP contribution in [0.5, 0.6) is 0 Å². The summed E-state index contributed by atoms with van der Waals surface area (Å²) >= 11 is 0. The summed E-state index contributed by atoms with van der Waals surface area (Å²) < 4.78 is 4.85. The Bertz CT molecular complexity index is 284. The number of urea groups is 1. The van der Waals surface area contributed by atoms with Gasteiger partial charge in [0.15, 0.2) is 5.54 Å². The van der Waals surface area contributed by atoms with Gasteiger partial charge in [-0.15, -0.1) is 0 Å². The quantitative estimate of drug-likeness (QED) is 0.419. The highest BCUT2D eigenvalue weighted by Gasteiger charge is 2.56. The molecule has 3 amide bonds. The summed E-state index contributed by atoms with van der Waals surface area (Å²) in [5.41, 5.74) is -0.875. The molecule has 0 unspecified atom stereocenters. The molecule has 1 spiro atoms. The van der Waals surface area contributed by atoms with E-state index in [1.54, 1.807) is 0 Å². The first kappa shape index (κ1) is 8.18. The summed E-state index contributed by atoms with van der Waals surface area (Å²) in [4.78, 5) is 33.7. The SMILES string of the molecule is O=CCN1C(=O)NC2(COC2)C1=O. The molecule has 1 N–H and O–H groups in total. The Kier molecular flexibility index (Phi) is 1.59. The van der Waals surface area contributed by atoms with Crippen molar-refractivity contribution >= 4 is 18.2 Å². The first-order chi connectivity index (χ1) is 6.19. The zero-order chi connectivity index (χ0) is 9.47. The molecule has 70 valence electrons. The van der Waals surface area contributed by atoms with Gasteiger partial charge in [0.1, 0.15) is 6.29 Å². The number of carbonyl (C=O) groups is 3. The minimum absolute atomic E-state index is 0.188. The van der Waals surface area contributed by atoms with Crippen molar-refractivity contribution in [2.24, 2.45) is 0 Å². The second-order valence-electron chi connectivity index (χ2n) is 3.09. The largest absolute Gasteiger partial charge is 0.375 e. The number of carbonyl (C=O) groups excluding carboxylic acids is 3. The van der Waals surface area contributed by atoms with Crippen LogP contribution in [0.3, 0.4) is 0 Å². The summed E-state index contributed by atoms with van der Waals surface area (Å²) in [6, 6.07) is -0.514. The first-order valence-electron chi connectivity index (χ1n) is 3.85. The number of hydrogen-bond donors (Lipinski definition) is 1. The van der Waals surface area contributed by atoms with Crippen LogP contribution in [0.4, 0.5) is 4.79 Å². The van der Waals surface area contributed by atoms with Crippen LogP contribution in [0.15, 0.2) is 0 Å². The van der Waals surface area contributed by atoms with Crippen LogP contribution in [-0.4, -0.2) is 48.4 Å². The zero-order valence-electron chi connectivity index (χ0n) is 6.78. The van der Waals surface area contributed by atoms with Crippen molar-refractivity contribution in [2.75, 3.05) is 19.8 Å². The van der Waals surface area contributed by atoms with Crippen molar-refractivity contribution in [1.29, 1.82) is 0 Å². The average molecular weight is 184 g/mol. The number of hydrogen-bond acceptors (Lipinski definition) is 4. The molecule has 6 heteroatoms. The van der Waals surface area contributed by atoms with Crippen molar-refractivity contribution < 1.29 is 19.1 Å². The molecule has 0 radical (unpaired) electrons. The van der Waals surface area contributed by atoms with Gasteiger partial charge in [0.25, 0.3) is 5.91 Å². The van der Waals surface area contributed by atoms with Crippen LogP contribution >= 0.6 is 0 Å². The van der Waals surface area contributed by atoms with E-state index >= 15 is 0 Å². The number of nitrogens with zero attached hydrogens (tertiary/aromatic N) is 1. The Balaban J connectivity index is 2.19. The second-order valence-corrected chi connectivity index (χ2v) is 3.09. The van der Waals surface area contributed by atoms with E-state index in [0.29, 0.717) is 6.29 Å². The lowest BCUT2D eigenvalue weighted by Crippen LogP contribution is -2.62. The lowest BCUT2D eigenvalue weighted by molar-refractivity contribution is -0.148. The molecular formula is C7H8N2O4. The van der Waals surface area contributed by atoms with Gasteiger partial charge >= 0.3 is 6.03 Å². The van der Waals surface area contributed by atoms with Crippen LogP contribution < -0.4 is 5.32 Å². The smallest absolute Gasteiger partial charge is 0.325 e. The summed E-state index contributed by atoms with van der Waals surface area (Å²) in [7, 11) is 0. The summed E-state index contributed by atoms with van der Waals surface area (Å²) in [6.07, 6.45) is 0.524. The van der Waals surface area contributed by atoms with E-state index in [4.69, 9.17) is 4.74 Å². The van der Waals surface area contributed by atoms with Crippen LogP contribution in [0, 0.1) is 0 Å². The molecule has 0 bridgehead atoms. The van der Waals surface area contributed by atoms with E-state index < -0.39 is 11.6 Å². The van der Waals surface area contributed by atoms with E-state index in [9.17, 15) is 14.4 Å². The van der Waals surface area contributed by atoms with Gasteiger partial charge in [0.2, 0.25) is 0 Å². The summed E-state index contributed by atoms with van der Waals surface area (Å²) in [6.45, 7) is 0.215. The van der Waals surface area contributed by atoms with Gasteiger partial charge < -0.3 is 14.8 Å². The van der Waals surface area contributed by atoms with Gasteiger partial charge in [-0.2, -0.15) is 0 Å². The van der Waals surface area contributed by atoms with E-state index in [1.807, 2.05) is 0 Å². The van der Waals surface area contributed by atoms with E-state index in [2.05, 4.69) is 5.32 Å². The highest BCUT2D eigenvalue weighted by molar-refractivity contribution is 6.08. The third-order valence-corrected chi connectivity index (χ3v) is 2.20. The van der Waals surface area contributed by atoms with Crippen molar-refractivity contribution in [2.45, 2.75) is 5.54 Å². The highest BCUT2D eigenvalue weighted by atomic mass is 16.5. The predicted molar refractivity (Wildman–Crippen MR) is 39.9 cm³/mol. The number of nitrogens with one attached hydrogen (secondary N) is 1. The van der Waals surface area contributed by atoms with Gasteiger partial charge in [0, 0.05) is 0 Å². The number of imide groups is 1. The maximum Gasteiger partial charge on any atom is 0.325 e. The zero-order valence-corrected chi connectivity index (χ0v) is 6.78. The molecule has 2 fully saturated rings. The van der Waals surface area contributed by atoms with Crippen LogP contribution in [-0.2, 0) is 14.3 Å². The summed E-state index contributed by atoms with van der Waals surface area (Å²) in [5.74, 6) is -0.365. The minimum Gasteiger partial charge on any atom is -0.375 e. The Morgan fingerprint density at radius 3 is 2.62 bits per heavy atom. The molecule has 0 aromatic heterocycles. The molecule has 2 aliphatic rings. The number of ether oxygens (including phenoxy) is 1. The molecule has 2 saturated heterocycles. The van der Waals surface area contributed by atoms with Gasteiger partial charge in [-0.3, -0.25) is 9.69 Å². The molecule has 0 atom stereocenters.